The number of amides is 1. The fourth-order valence-corrected chi connectivity index (χ4v) is 5.33. The third-order valence-corrected chi connectivity index (χ3v) is 6.90. The molecule has 2 fully saturated rings. The number of piperazine rings is 1. The first kappa shape index (κ1) is 23.4. The third-order valence-electron chi connectivity index (χ3n) is 5.55. The van der Waals surface area contributed by atoms with Gasteiger partial charge in [0.2, 0.25) is 5.91 Å². The van der Waals surface area contributed by atoms with Gasteiger partial charge in [0.15, 0.2) is 5.16 Å². The Morgan fingerprint density at radius 2 is 1.72 bits per heavy atom. The van der Waals surface area contributed by atoms with Gasteiger partial charge < -0.3 is 19.4 Å². The fourth-order valence-electron chi connectivity index (χ4n) is 4.10. The minimum atomic E-state index is 0.0474. The van der Waals surface area contributed by atoms with Gasteiger partial charge in [0.05, 0.1) is 28.7 Å². The van der Waals surface area contributed by atoms with E-state index in [1.807, 2.05) is 43.0 Å². The SMILES string of the molecule is CC1CN(C(=O)CSc2nc(Cl)cc(N3CCN(c4ccccc4Cl)CC3)n2)CC(C)O1. The number of benzene rings is 1. The number of nitrogens with zero attached hydrogens (tertiary/aromatic N) is 5. The molecular formula is C22H27Cl2N5O2S. The molecule has 2 aliphatic rings. The summed E-state index contributed by atoms with van der Waals surface area (Å²) in [7, 11) is 0. The van der Waals surface area contributed by atoms with E-state index >= 15 is 0 Å². The van der Waals surface area contributed by atoms with Crippen LogP contribution >= 0.6 is 35.0 Å². The first-order chi connectivity index (χ1) is 15.4. The van der Waals surface area contributed by atoms with Crippen molar-refractivity contribution in [3.8, 4) is 0 Å². The molecule has 0 spiro atoms. The highest BCUT2D eigenvalue weighted by molar-refractivity contribution is 7.99. The fraction of sp³-hybridized carbons (Fsp3) is 0.500. The molecular weight excluding hydrogens is 469 g/mol. The van der Waals surface area contributed by atoms with Crippen molar-refractivity contribution in [2.75, 3.05) is 54.8 Å². The molecule has 0 saturated carbocycles. The number of hydrogen-bond donors (Lipinski definition) is 0. The lowest BCUT2D eigenvalue weighted by Gasteiger charge is -2.37. The molecule has 0 radical (unpaired) electrons. The molecule has 0 N–H and O–H groups in total. The minimum absolute atomic E-state index is 0.0474. The second-order valence-electron chi connectivity index (χ2n) is 8.10. The molecule has 1 amide bonds. The van der Waals surface area contributed by atoms with Crippen LogP contribution in [0.15, 0.2) is 35.5 Å². The highest BCUT2D eigenvalue weighted by Crippen LogP contribution is 2.28. The van der Waals surface area contributed by atoms with Crippen molar-refractivity contribution in [3.63, 3.8) is 0 Å². The van der Waals surface area contributed by atoms with E-state index < -0.39 is 0 Å². The lowest BCUT2D eigenvalue weighted by atomic mass is 10.2. The largest absolute Gasteiger partial charge is 0.372 e. The molecule has 2 unspecified atom stereocenters. The number of ether oxygens (including phenoxy) is 1. The van der Waals surface area contributed by atoms with Crippen LogP contribution in [-0.2, 0) is 9.53 Å². The molecule has 2 saturated heterocycles. The Labute approximate surface area is 203 Å². The number of para-hydroxylation sites is 1. The van der Waals surface area contributed by atoms with E-state index in [0.717, 1.165) is 42.7 Å². The molecule has 0 bridgehead atoms. The van der Waals surface area contributed by atoms with Crippen molar-refractivity contribution in [1.82, 2.24) is 14.9 Å². The molecule has 3 heterocycles. The zero-order valence-electron chi connectivity index (χ0n) is 18.2. The van der Waals surface area contributed by atoms with Crippen LogP contribution in [0, 0.1) is 0 Å². The molecule has 32 heavy (non-hydrogen) atoms. The number of aromatic nitrogens is 2. The molecule has 1 aromatic heterocycles. The van der Waals surface area contributed by atoms with E-state index in [4.69, 9.17) is 27.9 Å². The van der Waals surface area contributed by atoms with Crippen LogP contribution in [0.2, 0.25) is 10.2 Å². The topological polar surface area (TPSA) is 61.8 Å². The first-order valence-corrected chi connectivity index (χ1v) is 12.5. The molecule has 2 aliphatic heterocycles. The maximum absolute atomic E-state index is 12.7. The van der Waals surface area contributed by atoms with Gasteiger partial charge in [-0.3, -0.25) is 4.79 Å². The summed E-state index contributed by atoms with van der Waals surface area (Å²) in [5, 5.41) is 1.66. The van der Waals surface area contributed by atoms with E-state index in [0.29, 0.717) is 23.4 Å². The van der Waals surface area contributed by atoms with Gasteiger partial charge in [-0.05, 0) is 26.0 Å². The molecule has 2 aromatic rings. The number of carbonyl (C=O) groups is 1. The van der Waals surface area contributed by atoms with Crippen LogP contribution in [-0.4, -0.2) is 78.0 Å². The summed E-state index contributed by atoms with van der Waals surface area (Å²) in [5.41, 5.74) is 1.05. The van der Waals surface area contributed by atoms with Gasteiger partial charge >= 0.3 is 0 Å². The summed E-state index contributed by atoms with van der Waals surface area (Å²) in [4.78, 5) is 28.0. The van der Waals surface area contributed by atoms with Gasteiger partial charge in [0.1, 0.15) is 11.0 Å². The van der Waals surface area contributed by atoms with Gasteiger partial charge in [0.25, 0.3) is 0 Å². The van der Waals surface area contributed by atoms with Crippen molar-refractivity contribution in [2.24, 2.45) is 0 Å². The molecule has 1 aromatic carbocycles. The summed E-state index contributed by atoms with van der Waals surface area (Å²) < 4.78 is 5.71. The van der Waals surface area contributed by atoms with Gasteiger partial charge in [-0.15, -0.1) is 0 Å². The lowest BCUT2D eigenvalue weighted by Crippen LogP contribution is -2.48. The Bertz CT molecular complexity index is 948. The van der Waals surface area contributed by atoms with E-state index in [1.54, 1.807) is 6.07 Å². The summed E-state index contributed by atoms with van der Waals surface area (Å²) in [6.07, 6.45) is 0.0947. The first-order valence-electron chi connectivity index (χ1n) is 10.7. The van der Waals surface area contributed by atoms with Crippen LogP contribution < -0.4 is 9.80 Å². The van der Waals surface area contributed by atoms with E-state index in [-0.39, 0.29) is 23.9 Å². The van der Waals surface area contributed by atoms with Crippen molar-refractivity contribution in [3.05, 3.63) is 40.5 Å². The Morgan fingerprint density at radius 1 is 1.06 bits per heavy atom. The zero-order valence-corrected chi connectivity index (χ0v) is 20.5. The second-order valence-corrected chi connectivity index (χ2v) is 9.84. The molecule has 2 atom stereocenters. The minimum Gasteiger partial charge on any atom is -0.372 e. The summed E-state index contributed by atoms with van der Waals surface area (Å²) in [6.45, 7) is 8.46. The van der Waals surface area contributed by atoms with Crippen LogP contribution in [0.1, 0.15) is 13.8 Å². The number of hydrogen-bond acceptors (Lipinski definition) is 7. The maximum Gasteiger partial charge on any atom is 0.233 e. The summed E-state index contributed by atoms with van der Waals surface area (Å²) in [6, 6.07) is 9.68. The van der Waals surface area contributed by atoms with Gasteiger partial charge in [-0.2, -0.15) is 0 Å². The number of anilines is 2. The number of carbonyl (C=O) groups excluding carboxylic acids is 1. The Morgan fingerprint density at radius 3 is 2.41 bits per heavy atom. The molecule has 10 heteroatoms. The predicted octanol–water partition coefficient (Wildman–Crippen LogP) is 3.84. The second kappa shape index (κ2) is 10.5. The lowest BCUT2D eigenvalue weighted by molar-refractivity contribution is -0.140. The van der Waals surface area contributed by atoms with Crippen LogP contribution in [0.4, 0.5) is 11.5 Å². The highest BCUT2D eigenvalue weighted by Gasteiger charge is 2.26. The number of halogens is 2. The van der Waals surface area contributed by atoms with Crippen molar-refractivity contribution >= 4 is 52.4 Å². The smallest absolute Gasteiger partial charge is 0.233 e. The molecule has 0 aliphatic carbocycles. The van der Waals surface area contributed by atoms with E-state index in [2.05, 4.69) is 19.8 Å². The van der Waals surface area contributed by atoms with E-state index in [1.165, 1.54) is 11.8 Å². The van der Waals surface area contributed by atoms with Crippen LogP contribution in [0.5, 0.6) is 0 Å². The van der Waals surface area contributed by atoms with Crippen LogP contribution in [0.3, 0.4) is 0 Å². The monoisotopic (exact) mass is 495 g/mol. The average Bonchev–Trinajstić information content (AvgIpc) is 2.77. The maximum atomic E-state index is 12.7. The third kappa shape index (κ3) is 5.78. The quantitative estimate of drug-likeness (QED) is 0.354. The van der Waals surface area contributed by atoms with Gasteiger partial charge in [-0.25, -0.2) is 9.97 Å². The number of rotatable bonds is 5. The summed E-state index contributed by atoms with van der Waals surface area (Å²) in [5.74, 6) is 1.13. The Hall–Kier alpha value is -1.74. The molecule has 172 valence electrons. The van der Waals surface area contributed by atoms with Crippen molar-refractivity contribution in [2.45, 2.75) is 31.2 Å². The Balaban J connectivity index is 1.36. The van der Waals surface area contributed by atoms with Crippen LogP contribution in [0.25, 0.3) is 0 Å². The average molecular weight is 496 g/mol. The normalized spacial score (nSPS) is 21.7. The molecule has 4 rings (SSSR count). The molecule has 7 nitrogen and oxygen atoms in total. The van der Waals surface area contributed by atoms with Crippen molar-refractivity contribution < 1.29 is 9.53 Å². The standard InChI is InChI=1S/C22H27Cl2N5O2S/c1-15-12-29(13-16(2)31-15)21(30)14-32-22-25-19(24)11-20(26-22)28-9-7-27(8-10-28)18-6-4-3-5-17(18)23/h3-6,11,15-16H,7-10,12-14H2,1-2H3. The number of morpholine rings is 1. The Kier molecular flexibility index (Phi) is 7.66. The highest BCUT2D eigenvalue weighted by atomic mass is 35.5. The van der Waals surface area contributed by atoms with Gasteiger partial charge in [0, 0.05) is 45.3 Å². The summed E-state index contributed by atoms with van der Waals surface area (Å²) >= 11 is 14.0. The predicted molar refractivity (Wildman–Crippen MR) is 130 cm³/mol. The number of thioether (sulfide) groups is 1. The van der Waals surface area contributed by atoms with Crippen molar-refractivity contribution in [1.29, 1.82) is 0 Å². The van der Waals surface area contributed by atoms with E-state index in [9.17, 15) is 4.79 Å². The zero-order chi connectivity index (χ0) is 22.7. The van der Waals surface area contributed by atoms with Gasteiger partial charge in [-0.1, -0.05) is 47.1 Å².